The molecule has 0 aliphatic rings. The van der Waals surface area contributed by atoms with Gasteiger partial charge in [0, 0.05) is 13.6 Å². The first-order valence-corrected chi connectivity index (χ1v) is 6.67. The summed E-state index contributed by atoms with van der Waals surface area (Å²) in [5.74, 6) is -2.45. The molecule has 1 aromatic carbocycles. The zero-order valence-corrected chi connectivity index (χ0v) is 12.8. The minimum Gasteiger partial charge on any atom is -0.481 e. The number of amides is 1. The smallest absolute Gasteiger partial charge is 0.316 e. The summed E-state index contributed by atoms with van der Waals surface area (Å²) in [6.45, 7) is 7.71. The average Bonchev–Trinajstić information content (AvgIpc) is 2.29. The molecule has 0 saturated carbocycles. The molecule has 0 spiro atoms. The van der Waals surface area contributed by atoms with Gasteiger partial charge in [-0.1, -0.05) is 45.0 Å². The van der Waals surface area contributed by atoms with Crippen LogP contribution in [0.5, 0.6) is 0 Å². The molecule has 1 unspecified atom stereocenters. The molecule has 0 saturated heterocycles. The highest BCUT2D eigenvalue weighted by Crippen LogP contribution is 2.28. The molecule has 0 fully saturated rings. The fourth-order valence-corrected chi connectivity index (χ4v) is 2.19. The van der Waals surface area contributed by atoms with E-state index in [-0.39, 0.29) is 5.91 Å². The molecule has 0 bridgehead atoms. The first-order valence-electron chi connectivity index (χ1n) is 6.67. The number of hydrogen-bond acceptors (Lipinski definition) is 2. The number of rotatable bonds is 4. The molecule has 0 aliphatic heterocycles. The summed E-state index contributed by atoms with van der Waals surface area (Å²) in [7, 11) is 1.65. The average molecular weight is 277 g/mol. The van der Waals surface area contributed by atoms with Gasteiger partial charge in [0.15, 0.2) is 0 Å². The standard InChI is InChI=1S/C16H23NO3/c1-11-8-6-7-9-12(11)10-17(5)14(18)13(15(19)20)16(2,3)4/h6-9,13H,10H2,1-5H3,(H,19,20). The van der Waals surface area contributed by atoms with Crippen LogP contribution in [0, 0.1) is 18.3 Å². The highest BCUT2D eigenvalue weighted by Gasteiger charge is 2.39. The van der Waals surface area contributed by atoms with E-state index in [9.17, 15) is 14.7 Å². The van der Waals surface area contributed by atoms with Crippen LogP contribution in [0.25, 0.3) is 0 Å². The SMILES string of the molecule is Cc1ccccc1CN(C)C(=O)C(C(=O)O)C(C)(C)C. The highest BCUT2D eigenvalue weighted by molar-refractivity contribution is 5.97. The van der Waals surface area contributed by atoms with Gasteiger partial charge in [0.05, 0.1) is 0 Å². The van der Waals surface area contributed by atoms with Crippen molar-refractivity contribution in [2.45, 2.75) is 34.2 Å². The maximum atomic E-state index is 12.4. The van der Waals surface area contributed by atoms with Crippen molar-refractivity contribution >= 4 is 11.9 Å². The van der Waals surface area contributed by atoms with Gasteiger partial charge in [0.25, 0.3) is 0 Å². The van der Waals surface area contributed by atoms with E-state index in [4.69, 9.17) is 0 Å². The Morgan fingerprint density at radius 2 is 1.80 bits per heavy atom. The van der Waals surface area contributed by atoms with Gasteiger partial charge in [0.1, 0.15) is 5.92 Å². The van der Waals surface area contributed by atoms with Crippen molar-refractivity contribution in [3.63, 3.8) is 0 Å². The van der Waals surface area contributed by atoms with Crippen molar-refractivity contribution in [2.24, 2.45) is 11.3 Å². The van der Waals surface area contributed by atoms with Crippen molar-refractivity contribution in [2.75, 3.05) is 7.05 Å². The van der Waals surface area contributed by atoms with E-state index in [1.165, 1.54) is 4.90 Å². The maximum Gasteiger partial charge on any atom is 0.316 e. The molecule has 4 heteroatoms. The number of carboxylic acid groups (broad SMARTS) is 1. The summed E-state index contributed by atoms with van der Waals surface area (Å²) < 4.78 is 0. The monoisotopic (exact) mass is 277 g/mol. The van der Waals surface area contributed by atoms with Crippen molar-refractivity contribution in [1.29, 1.82) is 0 Å². The Labute approximate surface area is 120 Å². The first-order chi connectivity index (χ1) is 9.14. The van der Waals surface area contributed by atoms with Gasteiger partial charge in [-0.25, -0.2) is 0 Å². The van der Waals surface area contributed by atoms with E-state index in [2.05, 4.69) is 0 Å². The summed E-state index contributed by atoms with van der Waals surface area (Å²) in [4.78, 5) is 25.2. The highest BCUT2D eigenvalue weighted by atomic mass is 16.4. The second-order valence-corrected chi connectivity index (χ2v) is 6.26. The Bertz CT molecular complexity index is 503. The van der Waals surface area contributed by atoms with Gasteiger partial charge in [-0.05, 0) is 23.5 Å². The number of nitrogens with zero attached hydrogens (tertiary/aromatic N) is 1. The van der Waals surface area contributed by atoms with Crippen molar-refractivity contribution in [3.05, 3.63) is 35.4 Å². The summed E-state index contributed by atoms with van der Waals surface area (Å²) in [5.41, 5.74) is 1.51. The molecule has 0 aromatic heterocycles. The number of carboxylic acids is 1. The Balaban J connectivity index is 2.91. The predicted octanol–water partition coefficient (Wildman–Crippen LogP) is 2.70. The number of hydrogen-bond donors (Lipinski definition) is 1. The Kier molecular flexibility index (Phi) is 4.93. The van der Waals surface area contributed by atoms with Gasteiger partial charge < -0.3 is 10.0 Å². The summed E-state index contributed by atoms with van der Waals surface area (Å²) in [6.07, 6.45) is 0. The molecule has 20 heavy (non-hydrogen) atoms. The lowest BCUT2D eigenvalue weighted by Crippen LogP contribution is -2.43. The van der Waals surface area contributed by atoms with Gasteiger partial charge in [-0.2, -0.15) is 0 Å². The predicted molar refractivity (Wildman–Crippen MR) is 78.2 cm³/mol. The third kappa shape index (κ3) is 3.83. The van der Waals surface area contributed by atoms with E-state index < -0.39 is 17.3 Å². The molecule has 0 radical (unpaired) electrons. The van der Waals surface area contributed by atoms with Crippen LogP contribution >= 0.6 is 0 Å². The van der Waals surface area contributed by atoms with Crippen LogP contribution in [-0.2, 0) is 16.1 Å². The van der Waals surface area contributed by atoms with Gasteiger partial charge in [0.2, 0.25) is 5.91 Å². The van der Waals surface area contributed by atoms with Crippen molar-refractivity contribution < 1.29 is 14.7 Å². The zero-order chi connectivity index (χ0) is 15.5. The normalized spacial score (nSPS) is 12.8. The summed E-state index contributed by atoms with van der Waals surface area (Å²) in [6, 6.07) is 7.78. The number of benzene rings is 1. The summed E-state index contributed by atoms with van der Waals surface area (Å²) in [5, 5.41) is 9.30. The van der Waals surface area contributed by atoms with Crippen LogP contribution in [0.2, 0.25) is 0 Å². The lowest BCUT2D eigenvalue weighted by Gasteiger charge is -2.30. The van der Waals surface area contributed by atoms with E-state index in [1.807, 2.05) is 31.2 Å². The second kappa shape index (κ2) is 6.07. The second-order valence-electron chi connectivity index (χ2n) is 6.26. The number of carbonyl (C=O) groups excluding carboxylic acids is 1. The van der Waals surface area contributed by atoms with Crippen LogP contribution in [0.3, 0.4) is 0 Å². The van der Waals surface area contributed by atoms with Crippen molar-refractivity contribution in [3.8, 4) is 0 Å². The maximum absolute atomic E-state index is 12.4. The molecule has 0 heterocycles. The molecule has 1 aromatic rings. The Morgan fingerprint density at radius 1 is 1.25 bits per heavy atom. The largest absolute Gasteiger partial charge is 0.481 e. The Morgan fingerprint density at radius 3 is 2.25 bits per heavy atom. The van der Waals surface area contributed by atoms with Crippen LogP contribution in [-0.4, -0.2) is 28.9 Å². The van der Waals surface area contributed by atoms with Gasteiger partial charge in [-0.15, -0.1) is 0 Å². The molecular formula is C16H23NO3. The summed E-state index contributed by atoms with van der Waals surface area (Å²) >= 11 is 0. The van der Waals surface area contributed by atoms with E-state index in [0.717, 1.165) is 11.1 Å². The first kappa shape index (κ1) is 16.2. The molecule has 1 atom stereocenters. The molecule has 1 amide bonds. The molecule has 1 N–H and O–H groups in total. The molecule has 4 nitrogen and oxygen atoms in total. The number of aliphatic carboxylic acids is 1. The zero-order valence-electron chi connectivity index (χ0n) is 12.8. The molecule has 110 valence electrons. The van der Waals surface area contributed by atoms with E-state index in [0.29, 0.717) is 6.54 Å². The van der Waals surface area contributed by atoms with Crippen LogP contribution < -0.4 is 0 Å². The van der Waals surface area contributed by atoms with E-state index in [1.54, 1.807) is 27.8 Å². The number of aryl methyl sites for hydroxylation is 1. The third-order valence-corrected chi connectivity index (χ3v) is 3.40. The Hall–Kier alpha value is -1.84. The fourth-order valence-electron chi connectivity index (χ4n) is 2.19. The quantitative estimate of drug-likeness (QED) is 0.861. The molecule has 0 aliphatic carbocycles. The molecule has 1 rings (SSSR count). The third-order valence-electron chi connectivity index (χ3n) is 3.40. The fraction of sp³-hybridized carbons (Fsp3) is 0.500. The van der Waals surface area contributed by atoms with Crippen LogP contribution in [0.4, 0.5) is 0 Å². The van der Waals surface area contributed by atoms with Gasteiger partial charge >= 0.3 is 5.97 Å². The topological polar surface area (TPSA) is 57.6 Å². The van der Waals surface area contributed by atoms with Crippen LogP contribution in [0.1, 0.15) is 31.9 Å². The minimum absolute atomic E-state index is 0.353. The van der Waals surface area contributed by atoms with E-state index >= 15 is 0 Å². The van der Waals surface area contributed by atoms with Crippen LogP contribution in [0.15, 0.2) is 24.3 Å². The molecular weight excluding hydrogens is 254 g/mol. The van der Waals surface area contributed by atoms with Crippen molar-refractivity contribution in [1.82, 2.24) is 4.90 Å². The van der Waals surface area contributed by atoms with Gasteiger partial charge in [-0.3, -0.25) is 9.59 Å². The lowest BCUT2D eigenvalue weighted by molar-refractivity contribution is -0.155. The lowest BCUT2D eigenvalue weighted by atomic mass is 9.80. The minimum atomic E-state index is -1.07. The number of carbonyl (C=O) groups is 2.